The van der Waals surface area contributed by atoms with Crippen LogP contribution >= 0.6 is 0 Å². The average molecular weight is 921 g/mol. The molecule has 0 unspecified atom stereocenters. The topological polar surface area (TPSA) is 0 Å². The molecule has 0 aliphatic heterocycles. The smallest absolute Gasteiger partial charge is 0.0619 e. The first-order chi connectivity index (χ1) is 36.2. The van der Waals surface area contributed by atoms with Gasteiger partial charge < -0.3 is 0 Å². The number of benzene rings is 14. The summed E-state index contributed by atoms with van der Waals surface area (Å²) in [7, 11) is 0. The zero-order valence-electron chi connectivity index (χ0n) is 39.9. The van der Waals surface area contributed by atoms with E-state index < -0.39 is 5.41 Å². The zero-order chi connectivity index (χ0) is 47.8. The van der Waals surface area contributed by atoms with Crippen LogP contribution in [0.4, 0.5) is 0 Å². The first-order valence-corrected chi connectivity index (χ1v) is 25.6. The highest BCUT2D eigenvalue weighted by Gasteiger charge is 2.51. The fourth-order valence-corrected chi connectivity index (χ4v) is 13.6. The quantitative estimate of drug-likeness (QED) is 0.154. The highest BCUT2D eigenvalue weighted by atomic mass is 14.5. The lowest BCUT2D eigenvalue weighted by Crippen LogP contribution is -2.25. The molecule has 14 aromatic rings. The number of hydrogen-bond donors (Lipinski definition) is 0. The summed E-state index contributed by atoms with van der Waals surface area (Å²) in [5.74, 6) is 0. The van der Waals surface area contributed by atoms with Crippen molar-refractivity contribution < 1.29 is 0 Å². The molecular weight excluding hydrogens is 877 g/mol. The van der Waals surface area contributed by atoms with Crippen LogP contribution in [-0.4, -0.2) is 0 Å². The van der Waals surface area contributed by atoms with Crippen LogP contribution in [0.1, 0.15) is 22.3 Å². The first kappa shape index (κ1) is 40.4. The summed E-state index contributed by atoms with van der Waals surface area (Å²) in [5, 5.41) is 14.9. The van der Waals surface area contributed by atoms with Gasteiger partial charge in [0.2, 0.25) is 0 Å². The Balaban J connectivity index is 0.970. The van der Waals surface area contributed by atoms with E-state index >= 15 is 0 Å². The van der Waals surface area contributed by atoms with Gasteiger partial charge in [0.05, 0.1) is 5.41 Å². The Kier molecular flexibility index (Phi) is 8.47. The molecule has 1 spiro atoms. The Bertz CT molecular complexity index is 4560. The molecule has 336 valence electrons. The molecule has 0 bridgehead atoms. The summed E-state index contributed by atoms with van der Waals surface area (Å²) < 4.78 is 0. The van der Waals surface area contributed by atoms with E-state index in [-0.39, 0.29) is 0 Å². The summed E-state index contributed by atoms with van der Waals surface area (Å²) in [6.07, 6.45) is 0. The maximum atomic E-state index is 2.55. The van der Waals surface area contributed by atoms with Crippen molar-refractivity contribution in [2.24, 2.45) is 0 Å². The van der Waals surface area contributed by atoms with E-state index in [9.17, 15) is 0 Å². The highest BCUT2D eigenvalue weighted by molar-refractivity contribution is 6.25. The fraction of sp³-hybridized carbons (Fsp3) is 0.0137. The van der Waals surface area contributed by atoms with E-state index in [2.05, 4.69) is 267 Å². The Hall–Kier alpha value is -9.36. The van der Waals surface area contributed by atoms with Gasteiger partial charge in [-0.05, 0) is 178 Å². The van der Waals surface area contributed by atoms with E-state index in [0.29, 0.717) is 0 Å². The van der Waals surface area contributed by atoms with Crippen LogP contribution in [0, 0.1) is 0 Å². The largest absolute Gasteiger partial charge is 0.0725 e. The standard InChI is InChI=1S/C73H44/c1-3-19-47-41-49(35-33-45(47)17-1)69-61-28-9-10-29-62(61)72(50-36-34-46-18-2-4-20-48(46)42-50)64-43-51(38-40-63(64)69)70-57-24-5-7-26-59(57)71(60-27-8-6-25-58(60)70)52-37-39-56-55-23-13-16-32-67(55)73(68(56)44-52)65-30-14-11-21-53(65)54-22-12-15-31-66(54)73/h1-44H. The lowest BCUT2D eigenvalue weighted by Gasteiger charge is -2.31. The van der Waals surface area contributed by atoms with Crippen LogP contribution in [0.3, 0.4) is 0 Å². The molecule has 0 amide bonds. The Morgan fingerprint density at radius 2 is 0.479 bits per heavy atom. The summed E-state index contributed by atoms with van der Waals surface area (Å²) >= 11 is 0. The van der Waals surface area contributed by atoms with Gasteiger partial charge in [-0.3, -0.25) is 0 Å². The molecule has 0 atom stereocenters. The number of rotatable bonds is 4. The predicted molar refractivity (Wildman–Crippen MR) is 310 cm³/mol. The first-order valence-electron chi connectivity index (χ1n) is 25.6. The van der Waals surface area contributed by atoms with Crippen molar-refractivity contribution in [3.05, 3.63) is 289 Å². The van der Waals surface area contributed by atoms with Gasteiger partial charge in [0.1, 0.15) is 0 Å². The Morgan fingerprint density at radius 1 is 0.178 bits per heavy atom. The van der Waals surface area contributed by atoms with Crippen LogP contribution in [0.15, 0.2) is 267 Å². The van der Waals surface area contributed by atoms with Crippen molar-refractivity contribution in [1.82, 2.24) is 0 Å². The summed E-state index contributed by atoms with van der Waals surface area (Å²) in [4.78, 5) is 0. The second kappa shape index (κ2) is 15.3. The van der Waals surface area contributed by atoms with Crippen molar-refractivity contribution in [1.29, 1.82) is 0 Å². The summed E-state index contributed by atoms with van der Waals surface area (Å²) in [5.41, 5.74) is 20.2. The van der Waals surface area contributed by atoms with Gasteiger partial charge in [-0.25, -0.2) is 0 Å². The monoisotopic (exact) mass is 920 g/mol. The van der Waals surface area contributed by atoms with Gasteiger partial charge in [-0.15, -0.1) is 0 Å². The van der Waals surface area contributed by atoms with Gasteiger partial charge in [-0.1, -0.05) is 243 Å². The van der Waals surface area contributed by atoms with Gasteiger partial charge in [0.25, 0.3) is 0 Å². The minimum absolute atomic E-state index is 0.426. The molecule has 0 N–H and O–H groups in total. The zero-order valence-corrected chi connectivity index (χ0v) is 39.9. The Labute approximate surface area is 423 Å². The third-order valence-corrected chi connectivity index (χ3v) is 16.6. The molecule has 2 aliphatic carbocycles. The Morgan fingerprint density at radius 3 is 0.932 bits per heavy atom. The summed E-state index contributed by atoms with van der Waals surface area (Å²) in [6, 6.07) is 101. The lowest BCUT2D eigenvalue weighted by atomic mass is 9.70. The molecule has 0 nitrogen and oxygen atoms in total. The molecule has 0 heterocycles. The minimum Gasteiger partial charge on any atom is -0.0619 e. The second-order valence-electron chi connectivity index (χ2n) is 20.2. The maximum absolute atomic E-state index is 2.55. The lowest BCUT2D eigenvalue weighted by molar-refractivity contribution is 0.794. The van der Waals surface area contributed by atoms with Crippen molar-refractivity contribution in [2.45, 2.75) is 5.41 Å². The van der Waals surface area contributed by atoms with E-state index in [1.807, 2.05) is 0 Å². The van der Waals surface area contributed by atoms with E-state index in [1.54, 1.807) is 0 Å². The SMILES string of the molecule is c1ccc2c(c1)-c1ccccc1C21c2ccccc2-c2ccc(-c3c4ccccc4c(-c4ccc5c(-c6ccc7ccccc7c6)c6ccccc6c(-c6ccc7ccccc7c6)c5c4)c4ccccc34)cc21. The molecule has 73 heavy (non-hydrogen) atoms. The molecule has 0 heteroatoms. The molecule has 16 rings (SSSR count). The third kappa shape index (κ3) is 5.61. The maximum Gasteiger partial charge on any atom is 0.0725 e. The average Bonchev–Trinajstić information content (AvgIpc) is 3.93. The van der Waals surface area contributed by atoms with E-state index in [0.717, 1.165) is 0 Å². The molecule has 0 aromatic heterocycles. The van der Waals surface area contributed by atoms with Gasteiger partial charge in [-0.2, -0.15) is 0 Å². The highest BCUT2D eigenvalue weighted by Crippen LogP contribution is 2.63. The van der Waals surface area contributed by atoms with Gasteiger partial charge >= 0.3 is 0 Å². The van der Waals surface area contributed by atoms with Crippen molar-refractivity contribution >= 4 is 64.6 Å². The fourth-order valence-electron chi connectivity index (χ4n) is 13.6. The third-order valence-electron chi connectivity index (χ3n) is 16.6. The molecule has 0 saturated heterocycles. The molecule has 14 aromatic carbocycles. The van der Waals surface area contributed by atoms with Crippen LogP contribution in [-0.2, 0) is 5.41 Å². The molecule has 2 aliphatic rings. The van der Waals surface area contributed by atoms with Crippen molar-refractivity contribution in [3.63, 3.8) is 0 Å². The minimum atomic E-state index is -0.426. The normalized spacial score (nSPS) is 13.0. The summed E-state index contributed by atoms with van der Waals surface area (Å²) in [6.45, 7) is 0. The van der Waals surface area contributed by atoms with Crippen LogP contribution in [0.2, 0.25) is 0 Å². The number of fused-ring (bicyclic) bond motifs is 16. The van der Waals surface area contributed by atoms with Crippen LogP contribution in [0.5, 0.6) is 0 Å². The molecule has 0 fully saturated rings. The molecule has 0 saturated carbocycles. The predicted octanol–water partition coefficient (Wildman–Crippen LogP) is 19.6. The number of hydrogen-bond acceptors (Lipinski definition) is 0. The van der Waals surface area contributed by atoms with Crippen molar-refractivity contribution in [2.75, 3.05) is 0 Å². The van der Waals surface area contributed by atoms with Gasteiger partial charge in [0, 0.05) is 0 Å². The molecular formula is C73H44. The van der Waals surface area contributed by atoms with Crippen LogP contribution in [0.25, 0.3) is 131 Å². The van der Waals surface area contributed by atoms with E-state index in [4.69, 9.17) is 0 Å². The molecule has 0 radical (unpaired) electrons. The van der Waals surface area contributed by atoms with Crippen LogP contribution < -0.4 is 0 Å². The van der Waals surface area contributed by atoms with Gasteiger partial charge in [0.15, 0.2) is 0 Å². The van der Waals surface area contributed by atoms with E-state index in [1.165, 1.54) is 154 Å². The second-order valence-corrected chi connectivity index (χ2v) is 20.2. The van der Waals surface area contributed by atoms with Crippen molar-refractivity contribution in [3.8, 4) is 66.8 Å².